The van der Waals surface area contributed by atoms with Gasteiger partial charge in [-0.05, 0) is 23.8 Å². The Morgan fingerprint density at radius 1 is 1.15 bits per heavy atom. The molecule has 0 saturated carbocycles. The van der Waals surface area contributed by atoms with E-state index < -0.39 is 23.4 Å². The van der Waals surface area contributed by atoms with Crippen LogP contribution in [0.25, 0.3) is 0 Å². The summed E-state index contributed by atoms with van der Waals surface area (Å²) in [6.07, 6.45) is 0. The van der Waals surface area contributed by atoms with Crippen LogP contribution in [-0.2, 0) is 16.1 Å². The normalized spacial score (nSPS) is 11.7. The minimum atomic E-state index is -0.935. The number of esters is 1. The second-order valence-corrected chi connectivity index (χ2v) is 5.31. The highest BCUT2D eigenvalue weighted by Gasteiger charge is 2.21. The smallest absolute Gasteiger partial charge is 0.345 e. The molecular weight excluding hydrogens is 344 g/mol. The van der Waals surface area contributed by atoms with Crippen LogP contribution in [0.3, 0.4) is 0 Å². The molecule has 0 bridgehead atoms. The number of nitro benzene ring substituents is 1. The number of hydrogen-bond donors (Lipinski definition) is 1. The Kier molecular flexibility index (Phi) is 4.97. The number of carbonyl (C=O) groups is 2. The highest BCUT2D eigenvalue weighted by molar-refractivity contribution is 5.95. The molecular formula is C17H14N2O7. The van der Waals surface area contributed by atoms with Crippen molar-refractivity contribution in [2.24, 2.45) is 0 Å². The summed E-state index contributed by atoms with van der Waals surface area (Å²) in [4.78, 5) is 34.0. The van der Waals surface area contributed by atoms with Gasteiger partial charge >= 0.3 is 5.97 Å². The van der Waals surface area contributed by atoms with E-state index >= 15 is 0 Å². The first-order chi connectivity index (χ1) is 12.5. The third-order valence-electron chi connectivity index (χ3n) is 3.58. The Hall–Kier alpha value is -3.62. The Labute approximate surface area is 147 Å². The first kappa shape index (κ1) is 17.2. The molecule has 0 spiro atoms. The van der Waals surface area contributed by atoms with Gasteiger partial charge in [0.1, 0.15) is 5.56 Å². The molecule has 1 aliphatic heterocycles. The fourth-order valence-corrected chi connectivity index (χ4v) is 2.32. The van der Waals surface area contributed by atoms with Gasteiger partial charge < -0.3 is 19.5 Å². The number of nitro groups is 1. The number of nitrogens with one attached hydrogen (secondary N) is 1. The van der Waals surface area contributed by atoms with Crippen LogP contribution in [0.2, 0.25) is 0 Å². The molecule has 0 fully saturated rings. The van der Waals surface area contributed by atoms with Gasteiger partial charge in [0.05, 0.1) is 4.92 Å². The van der Waals surface area contributed by atoms with Crippen LogP contribution < -0.4 is 14.8 Å². The van der Waals surface area contributed by atoms with E-state index in [1.54, 1.807) is 18.2 Å². The van der Waals surface area contributed by atoms with Crippen LogP contribution in [-0.4, -0.2) is 30.2 Å². The summed E-state index contributed by atoms with van der Waals surface area (Å²) in [5, 5.41) is 13.5. The molecule has 9 nitrogen and oxygen atoms in total. The average molecular weight is 358 g/mol. The molecule has 2 aromatic carbocycles. The summed E-state index contributed by atoms with van der Waals surface area (Å²) in [6.45, 7) is -0.180. The maximum absolute atomic E-state index is 11.9. The van der Waals surface area contributed by atoms with E-state index in [9.17, 15) is 19.7 Å². The molecule has 9 heteroatoms. The molecule has 0 aliphatic carbocycles. The van der Waals surface area contributed by atoms with Crippen LogP contribution in [0, 0.1) is 10.1 Å². The molecule has 1 N–H and O–H groups in total. The Balaban J connectivity index is 1.51. The van der Waals surface area contributed by atoms with E-state index in [1.807, 2.05) is 0 Å². The topological polar surface area (TPSA) is 117 Å². The predicted octanol–water partition coefficient (Wildman–Crippen LogP) is 1.80. The maximum atomic E-state index is 11.9. The first-order valence-corrected chi connectivity index (χ1v) is 7.60. The molecule has 3 rings (SSSR count). The van der Waals surface area contributed by atoms with Crippen LogP contribution in [0.15, 0.2) is 42.5 Å². The SMILES string of the molecule is O=C(COC(=O)c1ccccc1[N+](=O)[O-])NCc1ccc2c(c1)OCO2. The summed E-state index contributed by atoms with van der Waals surface area (Å²) in [7, 11) is 0. The highest BCUT2D eigenvalue weighted by Crippen LogP contribution is 2.32. The molecule has 0 saturated heterocycles. The average Bonchev–Trinajstić information content (AvgIpc) is 3.12. The number of para-hydroxylation sites is 1. The van der Waals surface area contributed by atoms with E-state index in [0.717, 1.165) is 5.56 Å². The van der Waals surface area contributed by atoms with Crippen LogP contribution in [0.1, 0.15) is 15.9 Å². The Morgan fingerprint density at radius 3 is 2.73 bits per heavy atom. The fourth-order valence-electron chi connectivity index (χ4n) is 2.32. The van der Waals surface area contributed by atoms with Gasteiger partial charge in [-0.15, -0.1) is 0 Å². The molecule has 1 amide bonds. The van der Waals surface area contributed by atoms with Crippen molar-refractivity contribution in [3.8, 4) is 11.5 Å². The van der Waals surface area contributed by atoms with Gasteiger partial charge in [0, 0.05) is 12.6 Å². The fraction of sp³-hybridized carbons (Fsp3) is 0.176. The van der Waals surface area contributed by atoms with Gasteiger partial charge in [-0.1, -0.05) is 18.2 Å². The predicted molar refractivity (Wildman–Crippen MR) is 87.8 cm³/mol. The van der Waals surface area contributed by atoms with Crippen molar-refractivity contribution < 1.29 is 28.7 Å². The summed E-state index contributed by atoms with van der Waals surface area (Å²) in [5.41, 5.74) is 0.201. The number of fused-ring (bicyclic) bond motifs is 1. The molecule has 134 valence electrons. The van der Waals surface area contributed by atoms with Crippen LogP contribution in [0.5, 0.6) is 11.5 Å². The lowest BCUT2D eigenvalue weighted by molar-refractivity contribution is -0.385. The van der Waals surface area contributed by atoms with Gasteiger partial charge in [0.15, 0.2) is 18.1 Å². The number of hydrogen-bond acceptors (Lipinski definition) is 7. The van der Waals surface area contributed by atoms with Crippen molar-refractivity contribution in [3.05, 3.63) is 63.7 Å². The molecule has 1 heterocycles. The molecule has 0 unspecified atom stereocenters. The summed E-state index contributed by atoms with van der Waals surface area (Å²) in [6, 6.07) is 10.6. The summed E-state index contributed by atoms with van der Waals surface area (Å²) >= 11 is 0. The maximum Gasteiger partial charge on any atom is 0.345 e. The van der Waals surface area contributed by atoms with E-state index in [4.69, 9.17) is 14.2 Å². The molecule has 2 aromatic rings. The Bertz CT molecular complexity index is 866. The van der Waals surface area contributed by atoms with Crippen LogP contribution >= 0.6 is 0 Å². The van der Waals surface area contributed by atoms with E-state index in [0.29, 0.717) is 11.5 Å². The monoisotopic (exact) mass is 358 g/mol. The molecule has 0 atom stereocenters. The van der Waals surface area contributed by atoms with E-state index in [-0.39, 0.29) is 24.6 Å². The second kappa shape index (κ2) is 7.51. The van der Waals surface area contributed by atoms with Crippen molar-refractivity contribution in [3.63, 3.8) is 0 Å². The lowest BCUT2D eigenvalue weighted by Gasteiger charge is -2.07. The molecule has 0 aromatic heterocycles. The molecule has 26 heavy (non-hydrogen) atoms. The minimum absolute atomic E-state index is 0.159. The lowest BCUT2D eigenvalue weighted by Crippen LogP contribution is -2.28. The van der Waals surface area contributed by atoms with Crippen molar-refractivity contribution in [1.82, 2.24) is 5.32 Å². The Morgan fingerprint density at radius 2 is 1.92 bits per heavy atom. The number of amides is 1. The zero-order chi connectivity index (χ0) is 18.5. The minimum Gasteiger partial charge on any atom is -0.454 e. The number of rotatable bonds is 6. The van der Waals surface area contributed by atoms with Crippen molar-refractivity contribution in [2.45, 2.75) is 6.54 Å². The van der Waals surface area contributed by atoms with Crippen molar-refractivity contribution in [2.75, 3.05) is 13.4 Å². The van der Waals surface area contributed by atoms with E-state index in [2.05, 4.69) is 5.32 Å². The van der Waals surface area contributed by atoms with Gasteiger partial charge in [-0.25, -0.2) is 4.79 Å². The third-order valence-corrected chi connectivity index (χ3v) is 3.58. The number of carbonyl (C=O) groups excluding carboxylic acids is 2. The van der Waals surface area contributed by atoms with Gasteiger partial charge in [-0.2, -0.15) is 0 Å². The van der Waals surface area contributed by atoms with Gasteiger partial charge in [0.25, 0.3) is 11.6 Å². The first-order valence-electron chi connectivity index (χ1n) is 7.60. The third kappa shape index (κ3) is 3.89. The molecule has 0 radical (unpaired) electrons. The number of benzene rings is 2. The van der Waals surface area contributed by atoms with Crippen molar-refractivity contribution >= 4 is 17.6 Å². The van der Waals surface area contributed by atoms with Crippen molar-refractivity contribution in [1.29, 1.82) is 0 Å². The largest absolute Gasteiger partial charge is 0.454 e. The van der Waals surface area contributed by atoms with Gasteiger partial charge in [-0.3, -0.25) is 14.9 Å². The summed E-state index contributed by atoms with van der Waals surface area (Å²) in [5.74, 6) is -0.233. The molecule has 1 aliphatic rings. The summed E-state index contributed by atoms with van der Waals surface area (Å²) < 4.78 is 15.3. The van der Waals surface area contributed by atoms with E-state index in [1.165, 1.54) is 24.3 Å². The highest BCUT2D eigenvalue weighted by atomic mass is 16.7. The second-order valence-electron chi connectivity index (χ2n) is 5.31. The van der Waals surface area contributed by atoms with Gasteiger partial charge in [0.2, 0.25) is 6.79 Å². The zero-order valence-electron chi connectivity index (χ0n) is 13.5. The van der Waals surface area contributed by atoms with Crippen LogP contribution in [0.4, 0.5) is 5.69 Å². The zero-order valence-corrected chi connectivity index (χ0v) is 13.5. The number of ether oxygens (including phenoxy) is 3. The number of nitrogens with zero attached hydrogens (tertiary/aromatic N) is 1. The lowest BCUT2D eigenvalue weighted by atomic mass is 10.2. The quantitative estimate of drug-likeness (QED) is 0.475. The standard InChI is InChI=1S/C17H14N2O7/c20-16(18-8-11-5-6-14-15(7-11)26-10-25-14)9-24-17(21)12-3-1-2-4-13(12)19(22)23/h1-7H,8-10H2,(H,18,20).